The highest BCUT2D eigenvalue weighted by atomic mass is 79.9. The van der Waals surface area contributed by atoms with Crippen LogP contribution in [0.3, 0.4) is 0 Å². The van der Waals surface area contributed by atoms with E-state index in [2.05, 4.69) is 15.9 Å². The Labute approximate surface area is 101 Å². The Balaban J connectivity index is 2.48. The average Bonchev–Trinajstić information content (AvgIpc) is 2.52. The van der Waals surface area contributed by atoms with E-state index in [1.54, 1.807) is 23.9 Å². The standard InChI is InChI=1S/C11H12BrFOS/c1-7-11(14,4-5-15-7)9-6-8(12)2-3-10(9)13/h2-3,6-7,14H,4-5H2,1H3. The molecule has 2 unspecified atom stereocenters. The highest BCUT2D eigenvalue weighted by Crippen LogP contribution is 2.44. The van der Waals surface area contributed by atoms with Crippen LogP contribution in [0.2, 0.25) is 0 Å². The molecule has 1 fully saturated rings. The predicted octanol–water partition coefficient (Wildman–Crippen LogP) is 3.30. The number of hydrogen-bond acceptors (Lipinski definition) is 2. The van der Waals surface area contributed by atoms with Crippen LogP contribution in [0.1, 0.15) is 18.9 Å². The normalized spacial score (nSPS) is 30.8. The summed E-state index contributed by atoms with van der Waals surface area (Å²) >= 11 is 4.98. The van der Waals surface area contributed by atoms with E-state index in [-0.39, 0.29) is 11.1 Å². The fourth-order valence-corrected chi connectivity index (χ4v) is 3.58. The molecule has 82 valence electrons. The molecule has 1 nitrogen and oxygen atoms in total. The first kappa shape index (κ1) is 11.4. The molecule has 15 heavy (non-hydrogen) atoms. The molecule has 4 heteroatoms. The van der Waals surface area contributed by atoms with Gasteiger partial charge < -0.3 is 5.11 Å². The second-order valence-corrected chi connectivity index (χ2v) is 6.18. The summed E-state index contributed by atoms with van der Waals surface area (Å²) < 4.78 is 14.5. The maximum Gasteiger partial charge on any atom is 0.129 e. The van der Waals surface area contributed by atoms with E-state index in [1.165, 1.54) is 6.07 Å². The number of hydrogen-bond donors (Lipinski definition) is 1. The van der Waals surface area contributed by atoms with Gasteiger partial charge in [0.05, 0.1) is 0 Å². The van der Waals surface area contributed by atoms with Crippen LogP contribution in [0, 0.1) is 5.82 Å². The highest BCUT2D eigenvalue weighted by molar-refractivity contribution is 9.10. The highest BCUT2D eigenvalue weighted by Gasteiger charge is 2.42. The van der Waals surface area contributed by atoms with Crippen LogP contribution < -0.4 is 0 Å². The molecule has 0 saturated carbocycles. The molecular weight excluding hydrogens is 279 g/mol. The number of aliphatic hydroxyl groups is 1. The molecule has 1 aromatic rings. The predicted molar refractivity (Wildman–Crippen MR) is 64.5 cm³/mol. The Morgan fingerprint density at radius 3 is 2.93 bits per heavy atom. The molecule has 0 radical (unpaired) electrons. The second kappa shape index (κ2) is 4.07. The molecule has 2 atom stereocenters. The molecule has 0 aromatic heterocycles. The lowest BCUT2D eigenvalue weighted by Crippen LogP contribution is -2.32. The third kappa shape index (κ3) is 1.95. The third-order valence-electron chi connectivity index (χ3n) is 2.92. The molecule has 0 amide bonds. The van der Waals surface area contributed by atoms with Crippen LogP contribution in [0.25, 0.3) is 0 Å². The van der Waals surface area contributed by atoms with E-state index in [0.29, 0.717) is 12.0 Å². The maximum atomic E-state index is 13.6. The van der Waals surface area contributed by atoms with Crippen molar-refractivity contribution in [3.05, 3.63) is 34.1 Å². The summed E-state index contributed by atoms with van der Waals surface area (Å²) in [7, 11) is 0. The van der Waals surface area contributed by atoms with Crippen molar-refractivity contribution >= 4 is 27.7 Å². The molecular formula is C11H12BrFOS. The summed E-state index contributed by atoms with van der Waals surface area (Å²) in [6.07, 6.45) is 0.617. The van der Waals surface area contributed by atoms with E-state index in [4.69, 9.17) is 0 Å². The van der Waals surface area contributed by atoms with Crippen molar-refractivity contribution < 1.29 is 9.50 Å². The number of rotatable bonds is 1. The molecule has 1 aliphatic rings. The molecule has 0 bridgehead atoms. The van der Waals surface area contributed by atoms with E-state index in [1.807, 2.05) is 6.92 Å². The van der Waals surface area contributed by atoms with Crippen LogP contribution in [-0.2, 0) is 5.60 Å². The lowest BCUT2D eigenvalue weighted by Gasteiger charge is -2.27. The van der Waals surface area contributed by atoms with Gasteiger partial charge in [0.25, 0.3) is 0 Å². The topological polar surface area (TPSA) is 20.2 Å². The first-order chi connectivity index (χ1) is 7.04. The average molecular weight is 291 g/mol. The summed E-state index contributed by atoms with van der Waals surface area (Å²) in [5.41, 5.74) is -0.604. The molecule has 0 spiro atoms. The fourth-order valence-electron chi connectivity index (χ4n) is 1.92. The summed E-state index contributed by atoms with van der Waals surface area (Å²) in [6, 6.07) is 4.72. The van der Waals surface area contributed by atoms with Crippen LogP contribution in [0.5, 0.6) is 0 Å². The summed E-state index contributed by atoms with van der Waals surface area (Å²) in [5, 5.41) is 10.5. The van der Waals surface area contributed by atoms with Crippen molar-refractivity contribution in [1.82, 2.24) is 0 Å². The maximum absolute atomic E-state index is 13.6. The van der Waals surface area contributed by atoms with Crippen molar-refractivity contribution in [3.8, 4) is 0 Å². The van der Waals surface area contributed by atoms with Crippen molar-refractivity contribution in [2.24, 2.45) is 0 Å². The van der Waals surface area contributed by atoms with E-state index < -0.39 is 5.60 Å². The Hall–Kier alpha value is -0.0600. The van der Waals surface area contributed by atoms with Crippen LogP contribution in [-0.4, -0.2) is 16.1 Å². The molecule has 1 aliphatic heterocycles. The van der Waals surface area contributed by atoms with Gasteiger partial charge in [-0.15, -0.1) is 0 Å². The quantitative estimate of drug-likeness (QED) is 0.856. The summed E-state index contributed by atoms with van der Waals surface area (Å²) in [5.74, 6) is 0.555. The van der Waals surface area contributed by atoms with Gasteiger partial charge in [-0.05, 0) is 30.4 Å². The molecule has 2 rings (SSSR count). The van der Waals surface area contributed by atoms with Crippen LogP contribution >= 0.6 is 27.7 Å². The minimum atomic E-state index is -1.02. The van der Waals surface area contributed by atoms with Gasteiger partial charge in [0.1, 0.15) is 11.4 Å². The molecule has 1 aromatic carbocycles. The van der Waals surface area contributed by atoms with Gasteiger partial charge in [-0.1, -0.05) is 22.9 Å². The monoisotopic (exact) mass is 290 g/mol. The number of halogens is 2. The van der Waals surface area contributed by atoms with Gasteiger partial charge in [-0.25, -0.2) is 4.39 Å². The van der Waals surface area contributed by atoms with Gasteiger partial charge in [0.2, 0.25) is 0 Å². The first-order valence-electron chi connectivity index (χ1n) is 4.83. The largest absolute Gasteiger partial charge is 0.384 e. The number of benzene rings is 1. The minimum Gasteiger partial charge on any atom is -0.384 e. The van der Waals surface area contributed by atoms with Crippen molar-refractivity contribution in [2.75, 3.05) is 5.75 Å². The fraction of sp³-hybridized carbons (Fsp3) is 0.455. The molecule has 1 heterocycles. The van der Waals surface area contributed by atoms with Crippen molar-refractivity contribution in [3.63, 3.8) is 0 Å². The lowest BCUT2D eigenvalue weighted by atomic mass is 9.88. The number of thioether (sulfide) groups is 1. The van der Waals surface area contributed by atoms with E-state index in [0.717, 1.165) is 10.2 Å². The van der Waals surface area contributed by atoms with Gasteiger partial charge in [-0.2, -0.15) is 11.8 Å². The molecule has 0 aliphatic carbocycles. The zero-order valence-electron chi connectivity index (χ0n) is 8.34. The Morgan fingerprint density at radius 1 is 1.60 bits per heavy atom. The zero-order chi connectivity index (χ0) is 11.1. The third-order valence-corrected chi connectivity index (χ3v) is 4.74. The van der Waals surface area contributed by atoms with E-state index in [9.17, 15) is 9.50 Å². The van der Waals surface area contributed by atoms with Crippen LogP contribution in [0.4, 0.5) is 4.39 Å². The van der Waals surface area contributed by atoms with Gasteiger partial charge >= 0.3 is 0 Å². The zero-order valence-corrected chi connectivity index (χ0v) is 10.7. The lowest BCUT2D eigenvalue weighted by molar-refractivity contribution is 0.0390. The molecule has 1 saturated heterocycles. The second-order valence-electron chi connectivity index (χ2n) is 3.81. The Bertz CT molecular complexity index is 385. The molecule has 1 N–H and O–H groups in total. The Morgan fingerprint density at radius 2 is 2.33 bits per heavy atom. The SMILES string of the molecule is CC1SCCC1(O)c1cc(Br)ccc1F. The van der Waals surface area contributed by atoms with Crippen molar-refractivity contribution in [2.45, 2.75) is 24.2 Å². The van der Waals surface area contributed by atoms with Gasteiger partial charge in [0, 0.05) is 15.3 Å². The minimum absolute atomic E-state index is 0.0429. The first-order valence-corrected chi connectivity index (χ1v) is 6.68. The summed E-state index contributed by atoms with van der Waals surface area (Å²) in [6.45, 7) is 1.94. The summed E-state index contributed by atoms with van der Waals surface area (Å²) in [4.78, 5) is 0. The van der Waals surface area contributed by atoms with Crippen LogP contribution in [0.15, 0.2) is 22.7 Å². The Kier molecular flexibility index (Phi) is 3.10. The smallest absolute Gasteiger partial charge is 0.129 e. The van der Waals surface area contributed by atoms with E-state index >= 15 is 0 Å². The van der Waals surface area contributed by atoms with Gasteiger partial charge in [0.15, 0.2) is 0 Å². The van der Waals surface area contributed by atoms with Crippen molar-refractivity contribution in [1.29, 1.82) is 0 Å². The van der Waals surface area contributed by atoms with Gasteiger partial charge in [-0.3, -0.25) is 0 Å².